The number of hydrogen-bond acceptors (Lipinski definition) is 4. The lowest BCUT2D eigenvalue weighted by Crippen LogP contribution is -2.02. The first-order chi connectivity index (χ1) is 11.1. The number of rotatable bonds is 4. The van der Waals surface area contributed by atoms with Gasteiger partial charge in [0.25, 0.3) is 0 Å². The Bertz CT molecular complexity index is 767. The van der Waals surface area contributed by atoms with Gasteiger partial charge in [-0.2, -0.15) is 4.98 Å². The fourth-order valence-corrected chi connectivity index (χ4v) is 2.44. The smallest absolute Gasteiger partial charge is 0.229 e. The molecule has 0 aliphatic heterocycles. The number of benzene rings is 2. The zero-order valence-electron chi connectivity index (χ0n) is 13.0. The van der Waals surface area contributed by atoms with Gasteiger partial charge < -0.3 is 10.6 Å². The molecule has 0 saturated carbocycles. The molecule has 0 aliphatic rings. The van der Waals surface area contributed by atoms with Crippen LogP contribution in [0.4, 0.5) is 23.1 Å². The summed E-state index contributed by atoms with van der Waals surface area (Å²) in [6.07, 6.45) is 0. The van der Waals surface area contributed by atoms with Crippen molar-refractivity contribution in [3.05, 3.63) is 70.9 Å². The molecular weight excluding hydrogens is 308 g/mol. The van der Waals surface area contributed by atoms with Crippen molar-refractivity contribution in [2.75, 3.05) is 10.6 Å². The van der Waals surface area contributed by atoms with Crippen LogP contribution in [0, 0.1) is 13.8 Å². The maximum Gasteiger partial charge on any atom is 0.229 e. The molecule has 0 fully saturated rings. The first-order valence-corrected chi connectivity index (χ1v) is 7.68. The molecule has 0 aliphatic carbocycles. The van der Waals surface area contributed by atoms with E-state index >= 15 is 0 Å². The van der Waals surface area contributed by atoms with Crippen molar-refractivity contribution in [1.82, 2.24) is 9.97 Å². The summed E-state index contributed by atoms with van der Waals surface area (Å²) in [5.41, 5.74) is 3.90. The van der Waals surface area contributed by atoms with Gasteiger partial charge in [0.15, 0.2) is 0 Å². The Hall–Kier alpha value is -2.59. The van der Waals surface area contributed by atoms with Crippen LogP contribution in [0.25, 0.3) is 0 Å². The summed E-state index contributed by atoms with van der Waals surface area (Å²) in [6, 6.07) is 17.5. The van der Waals surface area contributed by atoms with Crippen molar-refractivity contribution in [2.45, 2.75) is 13.8 Å². The standard InChI is InChI=1S/C18H17ClN4/c1-12-5-3-7-15(9-12)22-18-20-13(2)10-17(23-18)21-16-8-4-6-14(19)11-16/h3-11H,1-2H3,(H2,20,21,22,23). The number of anilines is 4. The van der Waals surface area contributed by atoms with Crippen LogP contribution in [0.2, 0.25) is 5.02 Å². The molecule has 3 aromatic rings. The van der Waals surface area contributed by atoms with Crippen molar-refractivity contribution >= 4 is 34.7 Å². The van der Waals surface area contributed by atoms with Gasteiger partial charge in [0.05, 0.1) is 0 Å². The maximum atomic E-state index is 6.01. The average Bonchev–Trinajstić information content (AvgIpc) is 2.46. The summed E-state index contributed by atoms with van der Waals surface area (Å²) in [7, 11) is 0. The molecule has 2 N–H and O–H groups in total. The van der Waals surface area contributed by atoms with Gasteiger partial charge in [-0.05, 0) is 49.7 Å². The van der Waals surface area contributed by atoms with Gasteiger partial charge in [0, 0.05) is 28.2 Å². The second-order valence-electron chi connectivity index (χ2n) is 5.35. The third kappa shape index (κ3) is 4.20. The summed E-state index contributed by atoms with van der Waals surface area (Å²) in [5.74, 6) is 1.27. The Morgan fingerprint density at radius 1 is 0.826 bits per heavy atom. The Morgan fingerprint density at radius 2 is 1.57 bits per heavy atom. The van der Waals surface area contributed by atoms with Crippen LogP contribution in [0.15, 0.2) is 54.6 Å². The van der Waals surface area contributed by atoms with Crippen molar-refractivity contribution in [1.29, 1.82) is 0 Å². The second-order valence-corrected chi connectivity index (χ2v) is 5.78. The Balaban J connectivity index is 1.84. The molecule has 0 radical (unpaired) electrons. The van der Waals surface area contributed by atoms with Gasteiger partial charge >= 0.3 is 0 Å². The monoisotopic (exact) mass is 324 g/mol. The van der Waals surface area contributed by atoms with E-state index in [0.29, 0.717) is 11.0 Å². The molecule has 0 bridgehead atoms. The molecule has 0 saturated heterocycles. The van der Waals surface area contributed by atoms with Crippen molar-refractivity contribution in [3.63, 3.8) is 0 Å². The molecule has 1 heterocycles. The molecule has 0 atom stereocenters. The lowest BCUT2D eigenvalue weighted by molar-refractivity contribution is 1.11. The number of hydrogen-bond donors (Lipinski definition) is 2. The van der Waals surface area contributed by atoms with Crippen molar-refractivity contribution in [3.8, 4) is 0 Å². The summed E-state index contributed by atoms with van der Waals surface area (Å²) >= 11 is 6.01. The highest BCUT2D eigenvalue weighted by Gasteiger charge is 2.04. The molecular formula is C18H17ClN4. The first-order valence-electron chi connectivity index (χ1n) is 7.30. The predicted molar refractivity (Wildman–Crippen MR) is 96.0 cm³/mol. The predicted octanol–water partition coefficient (Wildman–Crippen LogP) is 5.23. The third-order valence-electron chi connectivity index (χ3n) is 3.23. The highest BCUT2D eigenvalue weighted by molar-refractivity contribution is 6.30. The largest absolute Gasteiger partial charge is 0.340 e. The van der Waals surface area contributed by atoms with E-state index in [1.807, 2.05) is 49.4 Å². The quantitative estimate of drug-likeness (QED) is 0.689. The first kappa shape index (κ1) is 15.3. The lowest BCUT2D eigenvalue weighted by atomic mass is 10.2. The minimum Gasteiger partial charge on any atom is -0.340 e. The summed E-state index contributed by atoms with van der Waals surface area (Å²) in [5, 5.41) is 7.16. The van der Waals surface area contributed by atoms with Crippen LogP contribution in [0.1, 0.15) is 11.3 Å². The Kier molecular flexibility index (Phi) is 4.44. The van der Waals surface area contributed by atoms with E-state index in [-0.39, 0.29) is 0 Å². The van der Waals surface area contributed by atoms with Gasteiger partial charge in [0.1, 0.15) is 5.82 Å². The van der Waals surface area contributed by atoms with Crippen LogP contribution in [0.5, 0.6) is 0 Å². The van der Waals surface area contributed by atoms with Crippen LogP contribution >= 0.6 is 11.6 Å². The molecule has 4 nitrogen and oxygen atoms in total. The van der Waals surface area contributed by atoms with Crippen LogP contribution in [0.3, 0.4) is 0 Å². The molecule has 3 rings (SSSR count). The average molecular weight is 325 g/mol. The Labute approximate surface area is 140 Å². The van der Waals surface area contributed by atoms with Gasteiger partial charge in [-0.1, -0.05) is 29.8 Å². The molecule has 23 heavy (non-hydrogen) atoms. The minimum atomic E-state index is 0.556. The second kappa shape index (κ2) is 6.67. The molecule has 116 valence electrons. The molecule has 1 aromatic heterocycles. The number of nitrogens with one attached hydrogen (secondary N) is 2. The SMILES string of the molecule is Cc1cccc(Nc2nc(C)cc(Nc3cccc(Cl)c3)n2)c1. The maximum absolute atomic E-state index is 6.01. The van der Waals surface area contributed by atoms with Gasteiger partial charge in [0.2, 0.25) is 5.95 Å². The van der Waals surface area contributed by atoms with Crippen LogP contribution < -0.4 is 10.6 Å². The topological polar surface area (TPSA) is 49.8 Å². The van der Waals surface area contributed by atoms with E-state index in [9.17, 15) is 0 Å². The van der Waals surface area contributed by atoms with E-state index in [1.165, 1.54) is 5.56 Å². The highest BCUT2D eigenvalue weighted by Crippen LogP contribution is 2.21. The zero-order valence-corrected chi connectivity index (χ0v) is 13.7. The van der Waals surface area contributed by atoms with E-state index in [1.54, 1.807) is 0 Å². The highest BCUT2D eigenvalue weighted by atomic mass is 35.5. The minimum absolute atomic E-state index is 0.556. The van der Waals surface area contributed by atoms with Crippen molar-refractivity contribution < 1.29 is 0 Å². The van der Waals surface area contributed by atoms with Gasteiger partial charge in [-0.3, -0.25) is 0 Å². The number of nitrogens with zero attached hydrogens (tertiary/aromatic N) is 2. The van der Waals surface area contributed by atoms with E-state index < -0.39 is 0 Å². The Morgan fingerprint density at radius 3 is 2.30 bits per heavy atom. The third-order valence-corrected chi connectivity index (χ3v) is 3.46. The van der Waals surface area contributed by atoms with Gasteiger partial charge in [-0.25, -0.2) is 4.98 Å². The summed E-state index contributed by atoms with van der Waals surface area (Å²) < 4.78 is 0. The normalized spacial score (nSPS) is 10.4. The van der Waals surface area contributed by atoms with Crippen molar-refractivity contribution in [2.24, 2.45) is 0 Å². The molecule has 0 amide bonds. The number of aromatic nitrogens is 2. The molecule has 0 unspecified atom stereocenters. The van der Waals surface area contributed by atoms with Gasteiger partial charge in [-0.15, -0.1) is 0 Å². The lowest BCUT2D eigenvalue weighted by Gasteiger charge is -2.10. The van der Waals surface area contributed by atoms with E-state index in [2.05, 4.69) is 39.7 Å². The van der Waals surface area contributed by atoms with Crippen LogP contribution in [-0.4, -0.2) is 9.97 Å². The number of halogens is 1. The molecule has 0 spiro atoms. The fraction of sp³-hybridized carbons (Fsp3) is 0.111. The zero-order chi connectivity index (χ0) is 16.2. The van der Waals surface area contributed by atoms with Crippen LogP contribution in [-0.2, 0) is 0 Å². The fourth-order valence-electron chi connectivity index (χ4n) is 2.25. The molecule has 2 aromatic carbocycles. The summed E-state index contributed by atoms with van der Waals surface area (Å²) in [4.78, 5) is 8.94. The summed E-state index contributed by atoms with van der Waals surface area (Å²) in [6.45, 7) is 3.99. The number of aryl methyl sites for hydroxylation is 2. The van der Waals surface area contributed by atoms with E-state index in [0.717, 1.165) is 22.9 Å². The van der Waals surface area contributed by atoms with E-state index in [4.69, 9.17) is 11.6 Å². The molecule has 5 heteroatoms.